The zero-order chi connectivity index (χ0) is 12.7. The average Bonchev–Trinajstić information content (AvgIpc) is 3.12. The average molecular weight is 276 g/mol. The molecule has 2 atom stereocenters. The van der Waals surface area contributed by atoms with Gasteiger partial charge in [0.25, 0.3) is 5.89 Å². The zero-order valence-electron chi connectivity index (χ0n) is 10.6. The van der Waals surface area contributed by atoms with Crippen LogP contribution in [0.2, 0.25) is 0 Å². The van der Waals surface area contributed by atoms with Crippen molar-refractivity contribution in [2.24, 2.45) is 11.8 Å². The number of rotatable bonds is 3. The molecule has 0 unspecified atom stereocenters. The van der Waals surface area contributed by atoms with Crippen LogP contribution >= 0.6 is 11.3 Å². The molecule has 0 spiro atoms. The van der Waals surface area contributed by atoms with Crippen molar-refractivity contribution in [2.45, 2.75) is 6.54 Å². The van der Waals surface area contributed by atoms with Gasteiger partial charge in [-0.05, 0) is 36.4 Å². The number of thiophene rings is 1. The highest BCUT2D eigenvalue weighted by Gasteiger charge is 2.36. The van der Waals surface area contributed by atoms with Gasteiger partial charge in [0.2, 0.25) is 0 Å². The molecule has 0 radical (unpaired) electrons. The Bertz CT molecular complexity index is 541. The van der Waals surface area contributed by atoms with E-state index in [1.807, 2.05) is 16.8 Å². The van der Waals surface area contributed by atoms with Crippen molar-refractivity contribution in [3.05, 3.63) is 22.7 Å². The Morgan fingerprint density at radius 1 is 1.37 bits per heavy atom. The highest BCUT2D eigenvalue weighted by atomic mass is 32.1. The van der Waals surface area contributed by atoms with Gasteiger partial charge in [0.1, 0.15) is 0 Å². The van der Waals surface area contributed by atoms with Crippen molar-refractivity contribution < 1.29 is 4.52 Å². The minimum Gasteiger partial charge on any atom is -0.334 e. The van der Waals surface area contributed by atoms with Gasteiger partial charge in [0.15, 0.2) is 5.82 Å². The maximum Gasteiger partial charge on any atom is 0.258 e. The van der Waals surface area contributed by atoms with E-state index in [0.29, 0.717) is 5.89 Å². The maximum absolute atomic E-state index is 5.32. The summed E-state index contributed by atoms with van der Waals surface area (Å²) in [5, 5.41) is 11.6. The Morgan fingerprint density at radius 2 is 2.21 bits per heavy atom. The van der Waals surface area contributed by atoms with Crippen molar-refractivity contribution in [1.29, 1.82) is 0 Å². The molecule has 2 aromatic heterocycles. The molecule has 5 nitrogen and oxygen atoms in total. The third-order valence-electron chi connectivity index (χ3n) is 4.07. The molecule has 100 valence electrons. The second kappa shape index (κ2) is 4.70. The molecule has 0 aromatic carbocycles. The van der Waals surface area contributed by atoms with E-state index in [4.69, 9.17) is 4.52 Å². The summed E-state index contributed by atoms with van der Waals surface area (Å²) < 4.78 is 5.32. The lowest BCUT2D eigenvalue weighted by Gasteiger charge is -2.13. The van der Waals surface area contributed by atoms with Crippen molar-refractivity contribution in [3.8, 4) is 11.5 Å². The lowest BCUT2D eigenvalue weighted by atomic mass is 10.0. The topological polar surface area (TPSA) is 54.2 Å². The lowest BCUT2D eigenvalue weighted by Crippen LogP contribution is -2.25. The Morgan fingerprint density at radius 3 is 2.95 bits per heavy atom. The minimum absolute atomic E-state index is 0.636. The molecule has 4 rings (SSSR count). The van der Waals surface area contributed by atoms with Crippen LogP contribution in [-0.2, 0) is 6.54 Å². The molecule has 0 saturated carbocycles. The summed E-state index contributed by atoms with van der Waals surface area (Å²) in [6.45, 7) is 5.43. The normalized spacial score (nSPS) is 26.9. The number of nitrogens with zero attached hydrogens (tertiary/aromatic N) is 3. The summed E-state index contributed by atoms with van der Waals surface area (Å²) in [5.41, 5.74) is 1.02. The fourth-order valence-corrected chi connectivity index (χ4v) is 3.73. The minimum atomic E-state index is 0.636. The maximum atomic E-state index is 5.32. The first-order valence-electron chi connectivity index (χ1n) is 6.67. The third-order valence-corrected chi connectivity index (χ3v) is 4.75. The molecule has 0 aliphatic carbocycles. The van der Waals surface area contributed by atoms with E-state index in [-0.39, 0.29) is 0 Å². The number of likely N-dealkylation sites (tertiary alicyclic amines) is 1. The van der Waals surface area contributed by atoms with Crippen molar-refractivity contribution in [3.63, 3.8) is 0 Å². The van der Waals surface area contributed by atoms with Crippen LogP contribution in [0.1, 0.15) is 5.82 Å². The van der Waals surface area contributed by atoms with Crippen LogP contribution in [-0.4, -0.2) is 41.2 Å². The van der Waals surface area contributed by atoms with Crippen LogP contribution in [0.15, 0.2) is 21.3 Å². The second-order valence-corrected chi connectivity index (χ2v) is 6.18. The van der Waals surface area contributed by atoms with E-state index in [0.717, 1.165) is 55.9 Å². The van der Waals surface area contributed by atoms with Crippen LogP contribution < -0.4 is 5.32 Å². The van der Waals surface area contributed by atoms with Crippen LogP contribution in [0.3, 0.4) is 0 Å². The molecule has 2 saturated heterocycles. The monoisotopic (exact) mass is 276 g/mol. The van der Waals surface area contributed by atoms with Gasteiger partial charge < -0.3 is 9.84 Å². The summed E-state index contributed by atoms with van der Waals surface area (Å²) in [7, 11) is 0. The first kappa shape index (κ1) is 11.6. The van der Waals surface area contributed by atoms with Gasteiger partial charge in [-0.3, -0.25) is 4.90 Å². The highest BCUT2D eigenvalue weighted by Crippen LogP contribution is 2.27. The number of nitrogens with one attached hydrogen (secondary N) is 1. The molecule has 1 N–H and O–H groups in total. The molecule has 2 aliphatic rings. The lowest BCUT2D eigenvalue weighted by molar-refractivity contribution is 0.291. The van der Waals surface area contributed by atoms with E-state index in [9.17, 15) is 0 Å². The van der Waals surface area contributed by atoms with Crippen LogP contribution in [0.25, 0.3) is 11.5 Å². The largest absolute Gasteiger partial charge is 0.334 e. The van der Waals surface area contributed by atoms with Crippen molar-refractivity contribution in [1.82, 2.24) is 20.4 Å². The first-order valence-corrected chi connectivity index (χ1v) is 7.61. The Labute approximate surface area is 115 Å². The fraction of sp³-hybridized carbons (Fsp3) is 0.538. The summed E-state index contributed by atoms with van der Waals surface area (Å²) in [6.07, 6.45) is 0. The van der Waals surface area contributed by atoms with E-state index >= 15 is 0 Å². The number of fused-ring (bicyclic) bond motifs is 1. The molecule has 2 aliphatic heterocycles. The molecular formula is C13H16N4OS. The standard InChI is InChI=1S/C13H16N4OS/c1-2-19-8-9(1)13-15-12(16-18-13)7-17-5-10-3-14-4-11(10)6-17/h1-2,8,10-11,14H,3-7H2/t10-,11+. The molecule has 4 heterocycles. The molecule has 19 heavy (non-hydrogen) atoms. The second-order valence-electron chi connectivity index (χ2n) is 5.40. The van der Waals surface area contributed by atoms with Gasteiger partial charge in [-0.2, -0.15) is 16.3 Å². The number of hydrogen-bond donors (Lipinski definition) is 1. The fourth-order valence-electron chi connectivity index (χ4n) is 3.10. The molecule has 0 bridgehead atoms. The molecule has 2 aromatic rings. The van der Waals surface area contributed by atoms with Gasteiger partial charge in [-0.25, -0.2) is 0 Å². The van der Waals surface area contributed by atoms with E-state index in [1.165, 1.54) is 0 Å². The number of aromatic nitrogens is 2. The van der Waals surface area contributed by atoms with Crippen LogP contribution in [0, 0.1) is 11.8 Å². The SMILES string of the molecule is c1cc(-c2nc(CN3C[C@H]4CNC[C@H]4C3)no2)cs1. The summed E-state index contributed by atoms with van der Waals surface area (Å²) in [5.74, 6) is 3.05. The summed E-state index contributed by atoms with van der Waals surface area (Å²) >= 11 is 1.64. The smallest absolute Gasteiger partial charge is 0.258 e. The van der Waals surface area contributed by atoms with Gasteiger partial charge in [0, 0.05) is 18.5 Å². The number of hydrogen-bond acceptors (Lipinski definition) is 6. The van der Waals surface area contributed by atoms with E-state index in [1.54, 1.807) is 11.3 Å². The predicted molar refractivity (Wildman–Crippen MR) is 72.7 cm³/mol. The molecule has 6 heteroatoms. The first-order chi connectivity index (χ1) is 9.38. The molecule has 0 amide bonds. The van der Waals surface area contributed by atoms with Crippen LogP contribution in [0.4, 0.5) is 0 Å². The van der Waals surface area contributed by atoms with Gasteiger partial charge in [-0.15, -0.1) is 0 Å². The summed E-state index contributed by atoms with van der Waals surface area (Å²) in [6, 6.07) is 2.01. The Balaban J connectivity index is 1.44. The zero-order valence-corrected chi connectivity index (χ0v) is 11.4. The van der Waals surface area contributed by atoms with Gasteiger partial charge in [-0.1, -0.05) is 5.16 Å². The summed E-state index contributed by atoms with van der Waals surface area (Å²) in [4.78, 5) is 6.92. The predicted octanol–water partition coefficient (Wildman–Crippen LogP) is 1.45. The van der Waals surface area contributed by atoms with Crippen molar-refractivity contribution >= 4 is 11.3 Å². The van der Waals surface area contributed by atoms with Gasteiger partial charge in [0.05, 0.1) is 12.1 Å². The van der Waals surface area contributed by atoms with Crippen molar-refractivity contribution in [2.75, 3.05) is 26.2 Å². The quantitative estimate of drug-likeness (QED) is 0.919. The van der Waals surface area contributed by atoms with E-state index < -0.39 is 0 Å². The third kappa shape index (κ3) is 2.20. The molecule has 2 fully saturated rings. The van der Waals surface area contributed by atoms with E-state index in [2.05, 4.69) is 20.4 Å². The highest BCUT2D eigenvalue weighted by molar-refractivity contribution is 7.08. The Hall–Kier alpha value is -1.24. The van der Waals surface area contributed by atoms with Gasteiger partial charge >= 0.3 is 0 Å². The van der Waals surface area contributed by atoms with Crippen LogP contribution in [0.5, 0.6) is 0 Å². The molecular weight excluding hydrogens is 260 g/mol. The Kier molecular flexibility index (Phi) is 2.86.